The van der Waals surface area contributed by atoms with Crippen molar-refractivity contribution in [3.05, 3.63) is 131 Å². The first kappa shape index (κ1) is 37.5. The topological polar surface area (TPSA) is 6.48 Å². The van der Waals surface area contributed by atoms with Gasteiger partial charge in [-0.15, -0.1) is 22.7 Å². The predicted octanol–water partition coefficient (Wildman–Crippen LogP) is 13.8. The lowest BCUT2D eigenvalue weighted by Gasteiger charge is -2.51. The van der Waals surface area contributed by atoms with Gasteiger partial charge in [0.25, 0.3) is 6.71 Å². The van der Waals surface area contributed by atoms with Crippen molar-refractivity contribution < 1.29 is 0 Å². The molecule has 1 aliphatic carbocycles. The summed E-state index contributed by atoms with van der Waals surface area (Å²) in [5.41, 5.74) is 13.8. The van der Waals surface area contributed by atoms with Gasteiger partial charge in [0.15, 0.2) is 0 Å². The average Bonchev–Trinajstić information content (AvgIpc) is 3.68. The molecule has 0 radical (unpaired) electrons. The van der Waals surface area contributed by atoms with Gasteiger partial charge in [0, 0.05) is 52.6 Å². The summed E-state index contributed by atoms with van der Waals surface area (Å²) in [6.45, 7) is 30.5. The number of fused-ring (bicyclic) bond motifs is 8. The Morgan fingerprint density at radius 1 is 0.518 bits per heavy atom. The zero-order chi connectivity index (χ0) is 39.9. The van der Waals surface area contributed by atoms with Gasteiger partial charge in [-0.1, -0.05) is 131 Å². The fourth-order valence-corrected chi connectivity index (χ4v) is 12.1. The fourth-order valence-electron chi connectivity index (χ4n) is 9.32. The number of benzene rings is 4. The van der Waals surface area contributed by atoms with Gasteiger partial charge in [-0.05, 0) is 105 Å². The molecule has 0 spiro atoms. The lowest BCUT2D eigenvalue weighted by Crippen LogP contribution is -2.61. The lowest BCUT2D eigenvalue weighted by atomic mass is 9.33. The molecule has 0 bridgehead atoms. The summed E-state index contributed by atoms with van der Waals surface area (Å²) in [5, 5.41) is 2.76. The fraction of sp³-hybridized carbons (Fsp3) is 0.373. The van der Waals surface area contributed by atoms with E-state index in [4.69, 9.17) is 0 Å². The summed E-state index contributed by atoms with van der Waals surface area (Å²) < 4.78 is 5.75. The minimum Gasteiger partial charge on any atom is -0.334 e. The molecule has 4 aromatic carbocycles. The van der Waals surface area contributed by atoms with Gasteiger partial charge in [0.2, 0.25) is 0 Å². The molecule has 286 valence electrons. The van der Waals surface area contributed by atoms with Crippen LogP contribution in [0.5, 0.6) is 0 Å². The molecule has 2 nitrogen and oxygen atoms in total. The van der Waals surface area contributed by atoms with Crippen molar-refractivity contribution in [2.75, 3.05) is 9.80 Å². The first-order valence-electron chi connectivity index (χ1n) is 20.5. The van der Waals surface area contributed by atoms with E-state index in [2.05, 4.69) is 197 Å². The molecule has 3 aliphatic rings. The number of nitrogens with zero attached hydrogens (tertiary/aromatic N) is 2. The summed E-state index contributed by atoms with van der Waals surface area (Å²) in [6.07, 6.45) is 5.10. The van der Waals surface area contributed by atoms with Crippen LogP contribution in [0.4, 0.5) is 22.7 Å². The number of thiophene rings is 2. The van der Waals surface area contributed by atoms with Crippen molar-refractivity contribution in [2.24, 2.45) is 0 Å². The Balaban J connectivity index is 1.37. The maximum absolute atomic E-state index is 2.74. The smallest absolute Gasteiger partial charge is 0.252 e. The minimum absolute atomic E-state index is 0.0468. The highest BCUT2D eigenvalue weighted by Crippen LogP contribution is 2.56. The third-order valence-electron chi connectivity index (χ3n) is 12.6. The molecule has 0 saturated carbocycles. The van der Waals surface area contributed by atoms with Crippen molar-refractivity contribution in [3.63, 3.8) is 0 Å². The first-order chi connectivity index (χ1) is 26.2. The molecule has 0 N–H and O–H groups in total. The van der Waals surface area contributed by atoms with Gasteiger partial charge in [-0.2, -0.15) is 0 Å². The highest BCUT2D eigenvalue weighted by Gasteiger charge is 2.54. The standard InChI is InChI=1S/C51H57BN2S2/c1-30-26-39-43-40(27-30)54(36-22-16-32(17-23-36)49(5,6)7)45-38-29-34(51(11,12)13)19-25-42(38)56-47(45)52(43)46-44(37-28-33(50(8,9)10)18-24-41(37)55-46)53(39)35-20-14-31(15-21-35)48(2,3)4/h14-29,39,43H,1-13H3. The first-order valence-corrected chi connectivity index (χ1v) is 22.2. The molecule has 0 amide bonds. The second-order valence-electron chi connectivity index (χ2n) is 20.8. The van der Waals surface area contributed by atoms with Crippen molar-refractivity contribution in [2.45, 2.75) is 124 Å². The number of anilines is 4. The Kier molecular flexibility index (Phi) is 8.36. The van der Waals surface area contributed by atoms with Crippen molar-refractivity contribution in [1.82, 2.24) is 0 Å². The van der Waals surface area contributed by atoms with E-state index in [0.717, 1.165) is 0 Å². The van der Waals surface area contributed by atoms with Crippen LogP contribution in [-0.2, 0) is 21.7 Å². The lowest BCUT2D eigenvalue weighted by molar-refractivity contribution is 0.590. The third kappa shape index (κ3) is 5.94. The monoisotopic (exact) mass is 772 g/mol. The molecular weight excluding hydrogens is 716 g/mol. The second-order valence-corrected chi connectivity index (χ2v) is 23.0. The second kappa shape index (κ2) is 12.5. The highest BCUT2D eigenvalue weighted by molar-refractivity contribution is 7.38. The molecular formula is C51H57BN2S2. The van der Waals surface area contributed by atoms with Crippen molar-refractivity contribution in [3.8, 4) is 0 Å². The van der Waals surface area contributed by atoms with Gasteiger partial charge < -0.3 is 9.80 Å². The third-order valence-corrected chi connectivity index (χ3v) is 15.1. The molecule has 5 heteroatoms. The Labute approximate surface area is 344 Å². The van der Waals surface area contributed by atoms with Crippen LogP contribution in [0.3, 0.4) is 0 Å². The number of hydrogen-bond donors (Lipinski definition) is 0. The van der Waals surface area contributed by atoms with Crippen LogP contribution < -0.4 is 19.4 Å². The Morgan fingerprint density at radius 2 is 0.946 bits per heavy atom. The molecule has 0 saturated heterocycles. The zero-order valence-corrected chi connectivity index (χ0v) is 37.3. The van der Waals surface area contributed by atoms with Crippen LogP contribution in [0, 0.1) is 0 Å². The normalized spacial score (nSPS) is 18.6. The van der Waals surface area contributed by atoms with Crippen LogP contribution >= 0.6 is 22.7 Å². The van der Waals surface area contributed by atoms with E-state index in [0.29, 0.717) is 0 Å². The number of allylic oxidation sites excluding steroid dienone is 2. The molecule has 2 aliphatic heterocycles. The molecule has 2 aromatic heterocycles. The van der Waals surface area contributed by atoms with E-state index in [9.17, 15) is 0 Å². The molecule has 2 atom stereocenters. The Hall–Kier alpha value is -4.06. The summed E-state index contributed by atoms with van der Waals surface area (Å²) in [4.78, 5) is 5.41. The van der Waals surface area contributed by atoms with Crippen LogP contribution in [0.1, 0.15) is 112 Å². The van der Waals surface area contributed by atoms with Crippen LogP contribution in [0.25, 0.3) is 20.2 Å². The zero-order valence-electron chi connectivity index (χ0n) is 35.7. The molecule has 56 heavy (non-hydrogen) atoms. The van der Waals surface area contributed by atoms with Gasteiger partial charge in [-0.3, -0.25) is 0 Å². The van der Waals surface area contributed by atoms with Gasteiger partial charge in [0.05, 0.1) is 17.4 Å². The average molecular weight is 773 g/mol. The number of hydrogen-bond acceptors (Lipinski definition) is 4. The minimum atomic E-state index is 0.0468. The van der Waals surface area contributed by atoms with E-state index in [-0.39, 0.29) is 40.2 Å². The molecule has 2 unspecified atom stereocenters. The summed E-state index contributed by atoms with van der Waals surface area (Å²) in [7, 11) is 0. The molecule has 9 rings (SSSR count). The Bertz CT molecular complexity index is 2590. The quantitative estimate of drug-likeness (QED) is 0.162. The predicted molar refractivity (Wildman–Crippen MR) is 250 cm³/mol. The molecule has 4 heterocycles. The number of rotatable bonds is 2. The maximum Gasteiger partial charge on any atom is 0.252 e. The molecule has 6 aromatic rings. The van der Waals surface area contributed by atoms with Crippen LogP contribution in [-0.4, -0.2) is 12.8 Å². The van der Waals surface area contributed by atoms with Gasteiger partial charge in [0.1, 0.15) is 0 Å². The van der Waals surface area contributed by atoms with E-state index in [1.807, 2.05) is 22.7 Å². The molecule has 0 fully saturated rings. The van der Waals surface area contributed by atoms with Gasteiger partial charge in [-0.25, -0.2) is 0 Å². The van der Waals surface area contributed by atoms with Crippen molar-refractivity contribution in [1.29, 1.82) is 0 Å². The maximum atomic E-state index is 2.74. The summed E-state index contributed by atoms with van der Waals surface area (Å²) in [5.74, 6) is 0.230. The van der Waals surface area contributed by atoms with E-state index < -0.39 is 0 Å². The van der Waals surface area contributed by atoms with Gasteiger partial charge >= 0.3 is 0 Å². The summed E-state index contributed by atoms with van der Waals surface area (Å²) in [6, 6.07) is 33.8. The van der Waals surface area contributed by atoms with E-state index in [1.165, 1.54) is 86.0 Å². The van der Waals surface area contributed by atoms with Crippen LogP contribution in [0.15, 0.2) is 108 Å². The van der Waals surface area contributed by atoms with Crippen LogP contribution in [0.2, 0.25) is 5.82 Å². The van der Waals surface area contributed by atoms with E-state index >= 15 is 0 Å². The van der Waals surface area contributed by atoms with Crippen molar-refractivity contribution >= 4 is 81.9 Å². The largest absolute Gasteiger partial charge is 0.334 e. The summed E-state index contributed by atoms with van der Waals surface area (Å²) >= 11 is 4.06. The highest BCUT2D eigenvalue weighted by atomic mass is 32.1. The van der Waals surface area contributed by atoms with E-state index in [1.54, 1.807) is 0 Å². The Morgan fingerprint density at radius 3 is 1.43 bits per heavy atom. The SMILES string of the molecule is CC1=CC2C3B(c4sc5ccc(C(C)(C)C)cc5c4N(c4ccc(C(C)(C)C)cc4)C3=C1)c1sc3ccc(C(C)(C)C)cc3c1N2c1ccc(C(C)(C)C)cc1.